The highest BCUT2D eigenvalue weighted by Crippen LogP contribution is 2.14. The van der Waals surface area contributed by atoms with E-state index < -0.39 is 0 Å². The Morgan fingerprint density at radius 1 is 1.08 bits per heavy atom. The number of aromatic nitrogens is 1. The first-order valence-electron chi connectivity index (χ1n) is 8.38. The SMILES string of the molecule is O=C(CCc1cccc(O)c1)N1CCN(Cc2ccccn2)CC1. The van der Waals surface area contributed by atoms with Crippen LogP contribution in [-0.2, 0) is 17.8 Å². The number of carbonyl (C=O) groups is 1. The Balaban J connectivity index is 1.43. The molecule has 126 valence electrons. The van der Waals surface area contributed by atoms with E-state index in [1.54, 1.807) is 12.1 Å². The lowest BCUT2D eigenvalue weighted by Crippen LogP contribution is -2.48. The summed E-state index contributed by atoms with van der Waals surface area (Å²) in [5.74, 6) is 0.443. The van der Waals surface area contributed by atoms with Crippen LogP contribution in [0.5, 0.6) is 5.75 Å². The zero-order chi connectivity index (χ0) is 16.8. The molecule has 0 aliphatic carbocycles. The molecule has 1 amide bonds. The van der Waals surface area contributed by atoms with E-state index in [1.165, 1.54) is 0 Å². The Morgan fingerprint density at radius 3 is 2.62 bits per heavy atom. The molecule has 1 aliphatic heterocycles. The quantitative estimate of drug-likeness (QED) is 0.914. The van der Waals surface area contributed by atoms with Crippen molar-refractivity contribution in [2.75, 3.05) is 26.2 Å². The van der Waals surface area contributed by atoms with Gasteiger partial charge in [0.2, 0.25) is 5.91 Å². The Morgan fingerprint density at radius 2 is 1.92 bits per heavy atom. The fourth-order valence-electron chi connectivity index (χ4n) is 3.00. The van der Waals surface area contributed by atoms with Gasteiger partial charge in [0.25, 0.3) is 0 Å². The van der Waals surface area contributed by atoms with Crippen molar-refractivity contribution in [2.45, 2.75) is 19.4 Å². The summed E-state index contributed by atoms with van der Waals surface area (Å²) in [7, 11) is 0. The van der Waals surface area contributed by atoms with E-state index in [4.69, 9.17) is 0 Å². The standard InChI is InChI=1S/C19H23N3O2/c23-18-6-3-4-16(14-18)7-8-19(24)22-12-10-21(11-13-22)15-17-5-1-2-9-20-17/h1-6,9,14,23H,7-8,10-13,15H2. The van der Waals surface area contributed by atoms with Crippen LogP contribution >= 0.6 is 0 Å². The molecule has 1 aromatic carbocycles. The molecule has 0 spiro atoms. The van der Waals surface area contributed by atoms with Gasteiger partial charge in [-0.15, -0.1) is 0 Å². The Hall–Kier alpha value is -2.40. The van der Waals surface area contributed by atoms with Gasteiger partial charge in [-0.05, 0) is 36.2 Å². The highest BCUT2D eigenvalue weighted by Gasteiger charge is 2.21. The van der Waals surface area contributed by atoms with Crippen molar-refractivity contribution in [3.05, 3.63) is 59.9 Å². The molecule has 3 rings (SSSR count). The highest BCUT2D eigenvalue weighted by atomic mass is 16.3. The highest BCUT2D eigenvalue weighted by molar-refractivity contribution is 5.76. The predicted molar refractivity (Wildman–Crippen MR) is 92.5 cm³/mol. The number of aryl methyl sites for hydroxylation is 1. The summed E-state index contributed by atoms with van der Waals surface area (Å²) in [6, 6.07) is 13.1. The van der Waals surface area contributed by atoms with Crippen molar-refractivity contribution in [3.63, 3.8) is 0 Å². The summed E-state index contributed by atoms with van der Waals surface area (Å²) in [5.41, 5.74) is 2.07. The fourth-order valence-corrected chi connectivity index (χ4v) is 3.00. The molecule has 24 heavy (non-hydrogen) atoms. The lowest BCUT2D eigenvalue weighted by atomic mass is 10.1. The van der Waals surface area contributed by atoms with Gasteiger partial charge in [-0.25, -0.2) is 0 Å². The molecule has 0 bridgehead atoms. The number of carbonyl (C=O) groups excluding carboxylic acids is 1. The number of hydrogen-bond donors (Lipinski definition) is 1. The van der Waals surface area contributed by atoms with E-state index in [-0.39, 0.29) is 11.7 Å². The maximum Gasteiger partial charge on any atom is 0.222 e. The summed E-state index contributed by atoms with van der Waals surface area (Å²) in [6.07, 6.45) is 2.97. The molecule has 5 heteroatoms. The molecular weight excluding hydrogens is 302 g/mol. The van der Waals surface area contributed by atoms with Crippen LogP contribution in [0, 0.1) is 0 Å². The van der Waals surface area contributed by atoms with Crippen LogP contribution in [0.4, 0.5) is 0 Å². The molecule has 1 aliphatic rings. The molecule has 0 atom stereocenters. The van der Waals surface area contributed by atoms with E-state index >= 15 is 0 Å². The minimum atomic E-state index is 0.191. The Bertz CT molecular complexity index is 667. The minimum Gasteiger partial charge on any atom is -0.508 e. The monoisotopic (exact) mass is 325 g/mol. The first-order valence-corrected chi connectivity index (χ1v) is 8.38. The third-order valence-electron chi connectivity index (χ3n) is 4.37. The number of phenolic OH excluding ortho intramolecular Hbond substituents is 1. The maximum atomic E-state index is 12.4. The molecular formula is C19H23N3O2. The van der Waals surface area contributed by atoms with Gasteiger partial charge in [0.05, 0.1) is 5.69 Å². The van der Waals surface area contributed by atoms with Crippen LogP contribution in [0.15, 0.2) is 48.7 Å². The molecule has 0 saturated carbocycles. The van der Waals surface area contributed by atoms with Crippen molar-refractivity contribution in [1.82, 2.24) is 14.8 Å². The molecule has 1 fully saturated rings. The summed E-state index contributed by atoms with van der Waals surface area (Å²) in [5, 5.41) is 9.47. The topological polar surface area (TPSA) is 56.7 Å². The van der Waals surface area contributed by atoms with Gasteiger partial charge in [-0.3, -0.25) is 14.7 Å². The molecule has 0 unspecified atom stereocenters. The van der Waals surface area contributed by atoms with Gasteiger partial charge in [0.1, 0.15) is 5.75 Å². The number of rotatable bonds is 5. The van der Waals surface area contributed by atoms with Crippen LogP contribution in [0.25, 0.3) is 0 Å². The number of nitrogens with zero attached hydrogens (tertiary/aromatic N) is 3. The van der Waals surface area contributed by atoms with E-state index in [1.807, 2.05) is 41.4 Å². The summed E-state index contributed by atoms with van der Waals surface area (Å²) >= 11 is 0. The number of benzene rings is 1. The van der Waals surface area contributed by atoms with E-state index in [9.17, 15) is 9.90 Å². The number of hydrogen-bond acceptors (Lipinski definition) is 4. The smallest absolute Gasteiger partial charge is 0.222 e. The molecule has 5 nitrogen and oxygen atoms in total. The third-order valence-corrected chi connectivity index (χ3v) is 4.37. The molecule has 1 N–H and O–H groups in total. The molecule has 2 aromatic rings. The van der Waals surface area contributed by atoms with Crippen LogP contribution in [0.3, 0.4) is 0 Å². The molecule has 0 radical (unpaired) electrons. The predicted octanol–water partition coefficient (Wildman–Crippen LogP) is 2.06. The summed E-state index contributed by atoms with van der Waals surface area (Å²) < 4.78 is 0. The van der Waals surface area contributed by atoms with Crippen LogP contribution in [-0.4, -0.2) is 52.0 Å². The molecule has 1 aromatic heterocycles. The van der Waals surface area contributed by atoms with Gasteiger partial charge < -0.3 is 10.0 Å². The normalized spacial score (nSPS) is 15.4. The van der Waals surface area contributed by atoms with E-state index in [2.05, 4.69) is 9.88 Å². The lowest BCUT2D eigenvalue weighted by molar-refractivity contribution is -0.133. The number of piperazine rings is 1. The van der Waals surface area contributed by atoms with Crippen molar-refractivity contribution < 1.29 is 9.90 Å². The van der Waals surface area contributed by atoms with Crippen molar-refractivity contribution >= 4 is 5.91 Å². The second-order valence-electron chi connectivity index (χ2n) is 6.15. The first-order chi connectivity index (χ1) is 11.7. The number of pyridine rings is 1. The zero-order valence-corrected chi connectivity index (χ0v) is 13.8. The van der Waals surface area contributed by atoms with Crippen LogP contribution in [0.2, 0.25) is 0 Å². The average Bonchev–Trinajstić information content (AvgIpc) is 2.61. The number of amides is 1. The Labute approximate surface area is 142 Å². The van der Waals surface area contributed by atoms with Crippen molar-refractivity contribution in [1.29, 1.82) is 0 Å². The van der Waals surface area contributed by atoms with Crippen LogP contribution in [0.1, 0.15) is 17.7 Å². The Kier molecular flexibility index (Phi) is 5.43. The van der Waals surface area contributed by atoms with Gasteiger partial charge in [0.15, 0.2) is 0 Å². The summed E-state index contributed by atoms with van der Waals surface area (Å²) in [6.45, 7) is 4.15. The average molecular weight is 325 g/mol. The fraction of sp³-hybridized carbons (Fsp3) is 0.368. The first kappa shape index (κ1) is 16.5. The number of aromatic hydroxyl groups is 1. The van der Waals surface area contributed by atoms with Gasteiger partial charge >= 0.3 is 0 Å². The maximum absolute atomic E-state index is 12.4. The second-order valence-corrected chi connectivity index (χ2v) is 6.15. The third kappa shape index (κ3) is 4.55. The summed E-state index contributed by atoms with van der Waals surface area (Å²) in [4.78, 5) is 21.0. The zero-order valence-electron chi connectivity index (χ0n) is 13.8. The van der Waals surface area contributed by atoms with Crippen molar-refractivity contribution in [2.24, 2.45) is 0 Å². The van der Waals surface area contributed by atoms with Gasteiger partial charge in [-0.1, -0.05) is 18.2 Å². The van der Waals surface area contributed by atoms with Gasteiger partial charge in [0, 0.05) is 45.3 Å². The van der Waals surface area contributed by atoms with Gasteiger partial charge in [-0.2, -0.15) is 0 Å². The largest absolute Gasteiger partial charge is 0.508 e. The van der Waals surface area contributed by atoms with E-state index in [0.29, 0.717) is 12.8 Å². The van der Waals surface area contributed by atoms with Crippen LogP contribution < -0.4 is 0 Å². The second kappa shape index (κ2) is 7.93. The lowest BCUT2D eigenvalue weighted by Gasteiger charge is -2.34. The van der Waals surface area contributed by atoms with E-state index in [0.717, 1.165) is 44.0 Å². The minimum absolute atomic E-state index is 0.191. The number of phenols is 1. The molecule has 1 saturated heterocycles. The van der Waals surface area contributed by atoms with Crippen molar-refractivity contribution in [3.8, 4) is 5.75 Å². The molecule has 2 heterocycles.